The number of ether oxygens (including phenoxy) is 1. The van der Waals surface area contributed by atoms with Crippen LogP contribution >= 0.6 is 24.0 Å². The molecule has 0 aliphatic carbocycles. The van der Waals surface area contributed by atoms with Crippen molar-refractivity contribution in [3.05, 3.63) is 30.1 Å². The number of guanidine groups is 1. The molecule has 7 heteroatoms. The summed E-state index contributed by atoms with van der Waals surface area (Å²) in [5, 5.41) is 13.4. The van der Waals surface area contributed by atoms with Gasteiger partial charge in [0.05, 0.1) is 6.54 Å². The fraction of sp³-hybridized carbons (Fsp3) is 0.611. The largest absolute Gasteiger partial charge is 0.491 e. The van der Waals surface area contributed by atoms with Gasteiger partial charge in [-0.3, -0.25) is 4.99 Å². The van der Waals surface area contributed by atoms with Crippen LogP contribution in [-0.2, 0) is 0 Å². The van der Waals surface area contributed by atoms with Crippen LogP contribution in [0, 0.1) is 11.2 Å². The van der Waals surface area contributed by atoms with Crippen molar-refractivity contribution < 1.29 is 14.2 Å². The van der Waals surface area contributed by atoms with Crippen molar-refractivity contribution in [1.82, 2.24) is 10.2 Å². The van der Waals surface area contributed by atoms with Crippen molar-refractivity contribution in [1.29, 1.82) is 0 Å². The molecule has 142 valence electrons. The average Bonchev–Trinajstić information content (AvgIpc) is 2.90. The number of aliphatic hydroxyl groups excluding tert-OH is 1. The maximum atomic E-state index is 12.8. The molecule has 1 aromatic rings. The number of rotatable bonds is 6. The Hall–Kier alpha value is -1.09. The molecule has 0 aromatic heterocycles. The minimum absolute atomic E-state index is 0. The standard InChI is InChI=1S/C18H28FN3O2.HI/c1-4-20-17(22-10-9-18(2,3)13-22)21-11-15(23)12-24-16-7-5-14(19)6-8-16;/h5-8,15,23H,4,9-13H2,1-3H3,(H,20,21);1H. The molecule has 25 heavy (non-hydrogen) atoms. The molecule has 1 aromatic carbocycles. The summed E-state index contributed by atoms with van der Waals surface area (Å²) in [6, 6.07) is 5.75. The Morgan fingerprint density at radius 3 is 2.64 bits per heavy atom. The Labute approximate surface area is 166 Å². The summed E-state index contributed by atoms with van der Waals surface area (Å²) >= 11 is 0. The van der Waals surface area contributed by atoms with Crippen LogP contribution in [0.1, 0.15) is 27.2 Å². The first-order valence-electron chi connectivity index (χ1n) is 8.49. The lowest BCUT2D eigenvalue weighted by Gasteiger charge is -2.24. The molecular weight excluding hydrogens is 436 g/mol. The van der Waals surface area contributed by atoms with E-state index in [0.717, 1.165) is 32.0 Å². The molecule has 2 N–H and O–H groups in total. The van der Waals surface area contributed by atoms with E-state index in [9.17, 15) is 9.50 Å². The lowest BCUT2D eigenvalue weighted by atomic mass is 9.93. The molecule has 0 saturated carbocycles. The number of nitrogens with one attached hydrogen (secondary N) is 1. The summed E-state index contributed by atoms with van der Waals surface area (Å²) in [7, 11) is 0. The van der Waals surface area contributed by atoms with Gasteiger partial charge in [0.15, 0.2) is 5.96 Å². The van der Waals surface area contributed by atoms with Crippen molar-refractivity contribution in [2.75, 3.05) is 32.8 Å². The maximum Gasteiger partial charge on any atom is 0.194 e. The topological polar surface area (TPSA) is 57.1 Å². The molecular formula is C18H29FIN3O2. The minimum atomic E-state index is -0.709. The van der Waals surface area contributed by atoms with E-state index in [2.05, 4.69) is 29.1 Å². The Kier molecular flexibility index (Phi) is 8.92. The van der Waals surface area contributed by atoms with E-state index in [1.807, 2.05) is 6.92 Å². The highest BCUT2D eigenvalue weighted by Crippen LogP contribution is 2.28. The number of benzene rings is 1. The molecule has 1 fully saturated rings. The lowest BCUT2D eigenvalue weighted by molar-refractivity contribution is 0.114. The molecule has 0 bridgehead atoms. The quantitative estimate of drug-likeness (QED) is 0.386. The number of aliphatic hydroxyl groups is 1. The van der Waals surface area contributed by atoms with Crippen LogP contribution < -0.4 is 10.1 Å². The lowest BCUT2D eigenvalue weighted by Crippen LogP contribution is -2.41. The fourth-order valence-corrected chi connectivity index (χ4v) is 2.69. The number of aliphatic imine (C=N–C) groups is 1. The molecule has 5 nitrogen and oxygen atoms in total. The van der Waals surface area contributed by atoms with E-state index < -0.39 is 6.10 Å². The molecule has 0 spiro atoms. The number of hydrogen-bond acceptors (Lipinski definition) is 3. The molecule has 0 radical (unpaired) electrons. The molecule has 0 amide bonds. The predicted octanol–water partition coefficient (Wildman–Crippen LogP) is 2.88. The van der Waals surface area contributed by atoms with Crippen LogP contribution in [0.3, 0.4) is 0 Å². The predicted molar refractivity (Wildman–Crippen MR) is 109 cm³/mol. The monoisotopic (exact) mass is 465 g/mol. The second-order valence-corrected chi connectivity index (χ2v) is 6.95. The van der Waals surface area contributed by atoms with Crippen molar-refractivity contribution in [2.45, 2.75) is 33.3 Å². The third-order valence-corrected chi connectivity index (χ3v) is 4.02. The van der Waals surface area contributed by atoms with E-state index in [-0.39, 0.29) is 42.9 Å². The summed E-state index contributed by atoms with van der Waals surface area (Å²) in [5.74, 6) is 1.06. The van der Waals surface area contributed by atoms with Crippen molar-refractivity contribution in [2.24, 2.45) is 10.4 Å². The highest BCUT2D eigenvalue weighted by Gasteiger charge is 2.30. The second kappa shape index (κ2) is 10.2. The van der Waals surface area contributed by atoms with Crippen LogP contribution in [0.4, 0.5) is 4.39 Å². The zero-order chi connectivity index (χ0) is 17.6. The van der Waals surface area contributed by atoms with E-state index in [1.54, 1.807) is 12.1 Å². The summed E-state index contributed by atoms with van der Waals surface area (Å²) in [5.41, 5.74) is 0.292. The van der Waals surface area contributed by atoms with Crippen molar-refractivity contribution in [3.8, 4) is 5.75 Å². The van der Waals surface area contributed by atoms with Gasteiger partial charge in [-0.05, 0) is 43.0 Å². The first-order chi connectivity index (χ1) is 11.4. The average molecular weight is 465 g/mol. The fourth-order valence-electron chi connectivity index (χ4n) is 2.69. The van der Waals surface area contributed by atoms with Crippen molar-refractivity contribution >= 4 is 29.9 Å². The summed E-state index contributed by atoms with van der Waals surface area (Å²) in [6.07, 6.45) is 0.424. The third-order valence-electron chi connectivity index (χ3n) is 4.02. The number of nitrogens with zero attached hydrogens (tertiary/aromatic N) is 2. The van der Waals surface area contributed by atoms with Crippen LogP contribution in [0.2, 0.25) is 0 Å². The first kappa shape index (κ1) is 22.0. The van der Waals surface area contributed by atoms with Gasteiger partial charge in [-0.2, -0.15) is 0 Å². The number of halogens is 2. The Bertz CT molecular complexity index is 552. The second-order valence-electron chi connectivity index (χ2n) is 6.95. The molecule has 2 rings (SSSR count). The van der Waals surface area contributed by atoms with Gasteiger partial charge < -0.3 is 20.1 Å². The van der Waals surface area contributed by atoms with Gasteiger partial charge in [0, 0.05) is 19.6 Å². The molecule has 1 saturated heterocycles. The van der Waals surface area contributed by atoms with E-state index >= 15 is 0 Å². The summed E-state index contributed by atoms with van der Waals surface area (Å²) in [4.78, 5) is 6.76. The number of likely N-dealkylation sites (tertiary alicyclic amines) is 1. The summed E-state index contributed by atoms with van der Waals surface area (Å²) < 4.78 is 18.3. The van der Waals surface area contributed by atoms with E-state index in [0.29, 0.717) is 11.2 Å². The molecule has 1 aliphatic rings. The van der Waals surface area contributed by atoms with Gasteiger partial charge in [0.1, 0.15) is 24.3 Å². The van der Waals surface area contributed by atoms with Gasteiger partial charge in [0.25, 0.3) is 0 Å². The Balaban J connectivity index is 0.00000312. The summed E-state index contributed by atoms with van der Waals surface area (Å²) in [6.45, 7) is 9.65. The van der Waals surface area contributed by atoms with Gasteiger partial charge in [-0.15, -0.1) is 24.0 Å². The van der Waals surface area contributed by atoms with Crippen LogP contribution in [0.15, 0.2) is 29.3 Å². The Morgan fingerprint density at radius 1 is 1.40 bits per heavy atom. The first-order valence-corrected chi connectivity index (χ1v) is 8.49. The number of hydrogen-bond donors (Lipinski definition) is 2. The minimum Gasteiger partial charge on any atom is -0.491 e. The zero-order valence-electron chi connectivity index (χ0n) is 15.2. The smallest absolute Gasteiger partial charge is 0.194 e. The van der Waals surface area contributed by atoms with Crippen LogP contribution in [-0.4, -0.2) is 54.9 Å². The van der Waals surface area contributed by atoms with Crippen molar-refractivity contribution in [3.63, 3.8) is 0 Å². The maximum absolute atomic E-state index is 12.8. The third kappa shape index (κ3) is 7.35. The van der Waals surface area contributed by atoms with E-state index in [1.165, 1.54) is 12.1 Å². The molecule has 1 heterocycles. The van der Waals surface area contributed by atoms with Gasteiger partial charge in [-0.25, -0.2) is 4.39 Å². The molecule has 1 unspecified atom stereocenters. The highest BCUT2D eigenvalue weighted by atomic mass is 127. The van der Waals surface area contributed by atoms with E-state index in [4.69, 9.17) is 4.74 Å². The Morgan fingerprint density at radius 2 is 2.08 bits per heavy atom. The van der Waals surface area contributed by atoms with Gasteiger partial charge in [0.2, 0.25) is 0 Å². The van der Waals surface area contributed by atoms with Crippen LogP contribution in [0.5, 0.6) is 5.75 Å². The molecule has 1 atom stereocenters. The highest BCUT2D eigenvalue weighted by molar-refractivity contribution is 14.0. The molecule has 1 aliphatic heterocycles. The normalized spacial score (nSPS) is 17.8. The SMILES string of the molecule is CCNC(=NCC(O)COc1ccc(F)cc1)N1CCC(C)(C)C1.I. The van der Waals surface area contributed by atoms with Crippen LogP contribution in [0.25, 0.3) is 0 Å². The zero-order valence-corrected chi connectivity index (χ0v) is 17.5. The van der Waals surface area contributed by atoms with Gasteiger partial charge >= 0.3 is 0 Å². The van der Waals surface area contributed by atoms with Gasteiger partial charge in [-0.1, -0.05) is 13.8 Å².